The molecule has 2 N–H and O–H groups in total. The fourth-order valence-electron chi connectivity index (χ4n) is 1.99. The number of carbonyl (C=O) groups excluding carboxylic acids is 1. The van der Waals surface area contributed by atoms with Crippen LogP contribution in [-0.4, -0.2) is 16.7 Å². The molecule has 2 aromatic carbocycles. The largest absolute Gasteiger partial charge is 0.507 e. The highest BCUT2D eigenvalue weighted by molar-refractivity contribution is 6.30. The summed E-state index contributed by atoms with van der Waals surface area (Å²) in [4.78, 5) is 12.1. The summed E-state index contributed by atoms with van der Waals surface area (Å²) in [7, 11) is 0. The van der Waals surface area contributed by atoms with Crippen molar-refractivity contribution in [2.75, 3.05) is 0 Å². The first-order chi connectivity index (χ1) is 10.6. The topological polar surface area (TPSA) is 61.7 Å². The van der Waals surface area contributed by atoms with E-state index in [9.17, 15) is 9.90 Å². The molecular formula is C17H17ClN2O2. The van der Waals surface area contributed by atoms with Crippen LogP contribution < -0.4 is 5.43 Å². The highest BCUT2D eigenvalue weighted by Crippen LogP contribution is 2.16. The number of amides is 1. The van der Waals surface area contributed by atoms with Gasteiger partial charge in [0, 0.05) is 5.02 Å². The van der Waals surface area contributed by atoms with Crippen LogP contribution in [0, 0.1) is 0 Å². The fraction of sp³-hybridized carbons (Fsp3) is 0.176. The van der Waals surface area contributed by atoms with E-state index in [1.807, 2.05) is 19.1 Å². The number of nitrogens with one attached hydrogen (secondary N) is 1. The average Bonchev–Trinajstić information content (AvgIpc) is 2.52. The predicted octanol–water partition coefficient (Wildman–Crippen LogP) is 3.98. The monoisotopic (exact) mass is 316 g/mol. The van der Waals surface area contributed by atoms with E-state index in [4.69, 9.17) is 11.6 Å². The van der Waals surface area contributed by atoms with Gasteiger partial charge in [-0.2, -0.15) is 5.10 Å². The zero-order chi connectivity index (χ0) is 15.9. The second-order valence-corrected chi connectivity index (χ2v) is 5.21. The first-order valence-electron chi connectivity index (χ1n) is 7.02. The van der Waals surface area contributed by atoms with Crippen molar-refractivity contribution in [3.8, 4) is 5.75 Å². The molecule has 2 aromatic rings. The lowest BCUT2D eigenvalue weighted by Gasteiger charge is -2.07. The Hall–Kier alpha value is -2.33. The van der Waals surface area contributed by atoms with E-state index >= 15 is 0 Å². The number of aromatic hydroxyl groups is 1. The van der Waals surface area contributed by atoms with Gasteiger partial charge in [-0.15, -0.1) is 0 Å². The molecule has 0 radical (unpaired) electrons. The van der Waals surface area contributed by atoms with E-state index in [0.29, 0.717) is 5.02 Å². The third-order valence-electron chi connectivity index (χ3n) is 3.11. The van der Waals surface area contributed by atoms with Gasteiger partial charge in [0.05, 0.1) is 11.3 Å². The summed E-state index contributed by atoms with van der Waals surface area (Å²) >= 11 is 5.88. The average molecular weight is 317 g/mol. The van der Waals surface area contributed by atoms with Crippen LogP contribution in [0.1, 0.15) is 35.7 Å². The van der Waals surface area contributed by atoms with Crippen LogP contribution >= 0.6 is 11.6 Å². The molecule has 0 aliphatic heterocycles. The molecule has 1 amide bonds. The first-order valence-corrected chi connectivity index (χ1v) is 7.40. The van der Waals surface area contributed by atoms with Crippen LogP contribution in [0.2, 0.25) is 5.02 Å². The van der Waals surface area contributed by atoms with Crippen molar-refractivity contribution in [1.29, 1.82) is 0 Å². The maximum atomic E-state index is 12.1. The number of rotatable bonds is 5. The van der Waals surface area contributed by atoms with Gasteiger partial charge in [-0.05, 0) is 36.2 Å². The third kappa shape index (κ3) is 4.09. The van der Waals surface area contributed by atoms with Crippen molar-refractivity contribution < 1.29 is 9.90 Å². The Bertz CT molecular complexity index is 681. The second-order valence-electron chi connectivity index (χ2n) is 4.77. The molecule has 5 heteroatoms. The van der Waals surface area contributed by atoms with Gasteiger partial charge in [-0.3, -0.25) is 4.79 Å². The SMILES string of the molecule is CCC/C(=N/NC(=O)c1ccccc1O)c1ccc(Cl)cc1. The van der Waals surface area contributed by atoms with Gasteiger partial charge in [0.15, 0.2) is 0 Å². The van der Waals surface area contributed by atoms with Crippen LogP contribution in [0.5, 0.6) is 5.75 Å². The van der Waals surface area contributed by atoms with E-state index in [2.05, 4.69) is 10.5 Å². The molecule has 0 fully saturated rings. The van der Waals surface area contributed by atoms with Gasteiger partial charge in [0.1, 0.15) is 5.75 Å². The maximum Gasteiger partial charge on any atom is 0.275 e. The number of hydrogen-bond donors (Lipinski definition) is 2. The van der Waals surface area contributed by atoms with Gasteiger partial charge in [0.2, 0.25) is 0 Å². The Labute approximate surface area is 134 Å². The number of carbonyl (C=O) groups is 1. The van der Waals surface area contributed by atoms with Crippen LogP contribution in [-0.2, 0) is 0 Å². The number of phenols is 1. The van der Waals surface area contributed by atoms with Crippen LogP contribution in [0.25, 0.3) is 0 Å². The van der Waals surface area contributed by atoms with E-state index < -0.39 is 5.91 Å². The quantitative estimate of drug-likeness (QED) is 0.647. The molecular weight excluding hydrogens is 300 g/mol. The maximum absolute atomic E-state index is 12.1. The Kier molecular flexibility index (Phi) is 5.55. The van der Waals surface area contributed by atoms with Crippen molar-refractivity contribution in [2.45, 2.75) is 19.8 Å². The number of nitrogens with zero attached hydrogens (tertiary/aromatic N) is 1. The van der Waals surface area contributed by atoms with Crippen molar-refractivity contribution >= 4 is 23.2 Å². The molecule has 4 nitrogen and oxygen atoms in total. The molecule has 0 atom stereocenters. The molecule has 0 aliphatic carbocycles. The van der Waals surface area contributed by atoms with Gasteiger partial charge >= 0.3 is 0 Å². The summed E-state index contributed by atoms with van der Waals surface area (Å²) in [5, 5.41) is 14.5. The summed E-state index contributed by atoms with van der Waals surface area (Å²) in [5.74, 6) is -0.514. The number of benzene rings is 2. The molecule has 0 saturated heterocycles. The standard InChI is InChI=1S/C17H17ClN2O2/c1-2-5-15(12-8-10-13(18)11-9-12)19-20-17(22)14-6-3-4-7-16(14)21/h3-4,6-11,21H,2,5H2,1H3,(H,20,22)/b19-15-. The minimum Gasteiger partial charge on any atom is -0.507 e. The zero-order valence-corrected chi connectivity index (χ0v) is 13.0. The molecule has 22 heavy (non-hydrogen) atoms. The van der Waals surface area contributed by atoms with Gasteiger partial charge < -0.3 is 5.11 Å². The normalized spacial score (nSPS) is 11.3. The number of hydrogen-bond acceptors (Lipinski definition) is 3. The number of para-hydroxylation sites is 1. The van der Waals surface area contributed by atoms with Crippen molar-refractivity contribution in [2.24, 2.45) is 5.10 Å². The minimum atomic E-state index is -0.444. The lowest BCUT2D eigenvalue weighted by atomic mass is 10.1. The van der Waals surface area contributed by atoms with Gasteiger partial charge in [-0.25, -0.2) is 5.43 Å². The van der Waals surface area contributed by atoms with Gasteiger partial charge in [-0.1, -0.05) is 49.2 Å². The smallest absolute Gasteiger partial charge is 0.275 e. The summed E-state index contributed by atoms with van der Waals surface area (Å²) < 4.78 is 0. The zero-order valence-electron chi connectivity index (χ0n) is 12.2. The second kappa shape index (κ2) is 7.61. The predicted molar refractivity (Wildman–Crippen MR) is 88.5 cm³/mol. The van der Waals surface area contributed by atoms with E-state index in [1.54, 1.807) is 30.3 Å². The lowest BCUT2D eigenvalue weighted by Crippen LogP contribution is -2.20. The van der Waals surface area contributed by atoms with Crippen LogP contribution in [0.4, 0.5) is 0 Å². The highest BCUT2D eigenvalue weighted by Gasteiger charge is 2.10. The third-order valence-corrected chi connectivity index (χ3v) is 3.36. The molecule has 0 aromatic heterocycles. The lowest BCUT2D eigenvalue weighted by molar-refractivity contribution is 0.0952. The van der Waals surface area contributed by atoms with Crippen molar-refractivity contribution in [3.05, 3.63) is 64.7 Å². The summed E-state index contributed by atoms with van der Waals surface area (Å²) in [6.45, 7) is 2.04. The fourth-order valence-corrected chi connectivity index (χ4v) is 2.11. The van der Waals surface area contributed by atoms with Crippen LogP contribution in [0.15, 0.2) is 53.6 Å². The Morgan fingerprint density at radius 1 is 1.18 bits per heavy atom. The molecule has 0 bridgehead atoms. The molecule has 0 spiro atoms. The molecule has 2 rings (SSSR count). The summed E-state index contributed by atoms with van der Waals surface area (Å²) in [5.41, 5.74) is 4.36. The minimum absolute atomic E-state index is 0.0706. The Morgan fingerprint density at radius 2 is 1.86 bits per heavy atom. The molecule has 0 heterocycles. The first kappa shape index (κ1) is 16.0. The van der Waals surface area contributed by atoms with Crippen molar-refractivity contribution in [1.82, 2.24) is 5.43 Å². The number of hydrazone groups is 1. The Balaban J connectivity index is 2.18. The molecule has 114 valence electrons. The Morgan fingerprint density at radius 3 is 2.50 bits per heavy atom. The van der Waals surface area contributed by atoms with Crippen molar-refractivity contribution in [3.63, 3.8) is 0 Å². The molecule has 0 unspecified atom stereocenters. The van der Waals surface area contributed by atoms with E-state index in [0.717, 1.165) is 24.1 Å². The molecule has 0 saturated carbocycles. The van der Waals surface area contributed by atoms with Crippen LogP contribution in [0.3, 0.4) is 0 Å². The van der Waals surface area contributed by atoms with Gasteiger partial charge in [0.25, 0.3) is 5.91 Å². The number of phenolic OH excluding ortho intramolecular Hbond substituents is 1. The summed E-state index contributed by atoms with van der Waals surface area (Å²) in [6.07, 6.45) is 1.62. The van der Waals surface area contributed by atoms with E-state index in [1.165, 1.54) is 6.07 Å². The van der Waals surface area contributed by atoms with E-state index in [-0.39, 0.29) is 11.3 Å². The molecule has 0 aliphatic rings. The highest BCUT2D eigenvalue weighted by atomic mass is 35.5. The summed E-state index contributed by atoms with van der Waals surface area (Å²) in [6, 6.07) is 13.6. The number of halogens is 1.